The fraction of sp³-hybridized carbons (Fsp3) is 0.640. The Morgan fingerprint density at radius 1 is 1.06 bits per heavy atom. The number of likely N-dealkylation sites (tertiary alicyclic amines) is 1. The zero-order chi connectivity index (χ0) is 23.3. The van der Waals surface area contributed by atoms with E-state index in [9.17, 15) is 14.4 Å². The van der Waals surface area contributed by atoms with Gasteiger partial charge in [0.05, 0.1) is 27.7 Å². The molecule has 33 heavy (non-hydrogen) atoms. The molecule has 1 aliphatic heterocycles. The summed E-state index contributed by atoms with van der Waals surface area (Å²) in [4.78, 5) is 43.0. The largest absolute Gasteiger partial charge is 0.335 e. The third-order valence-corrected chi connectivity index (χ3v) is 8.90. The standard InChI is InChI=1S/C25H31Cl2N3O3/c1-29(14-21(31)28-22-18(26)4-2-5-19(22)27)23(32)20-6-3-7-30(20)24(33)25-11-15-8-16(12-25)10-17(9-15)13-25/h2,4-5,15-17,20H,3,6-14H2,1H3,(H,28,31). The molecule has 8 heteroatoms. The summed E-state index contributed by atoms with van der Waals surface area (Å²) in [5, 5.41) is 3.38. The van der Waals surface area contributed by atoms with Crippen LogP contribution in [-0.2, 0) is 14.4 Å². The second kappa shape index (κ2) is 8.77. The average Bonchev–Trinajstić information content (AvgIpc) is 3.24. The van der Waals surface area contributed by atoms with Crippen molar-refractivity contribution >= 4 is 46.6 Å². The zero-order valence-corrected chi connectivity index (χ0v) is 20.5. The molecule has 5 aliphatic rings. The highest BCUT2D eigenvalue weighted by molar-refractivity contribution is 6.39. The van der Waals surface area contributed by atoms with E-state index in [2.05, 4.69) is 5.32 Å². The normalized spacial score (nSPS) is 32.2. The van der Waals surface area contributed by atoms with E-state index < -0.39 is 6.04 Å². The Morgan fingerprint density at radius 2 is 1.64 bits per heavy atom. The number of hydrogen-bond donors (Lipinski definition) is 1. The Hall–Kier alpha value is -1.79. The van der Waals surface area contributed by atoms with Crippen molar-refractivity contribution in [2.75, 3.05) is 25.5 Å². The molecule has 4 aliphatic carbocycles. The van der Waals surface area contributed by atoms with Gasteiger partial charge in [0.25, 0.3) is 0 Å². The topological polar surface area (TPSA) is 69.7 Å². The van der Waals surface area contributed by atoms with Crippen molar-refractivity contribution in [2.24, 2.45) is 23.2 Å². The summed E-state index contributed by atoms with van der Waals surface area (Å²) in [7, 11) is 1.61. The van der Waals surface area contributed by atoms with Gasteiger partial charge in [-0.15, -0.1) is 0 Å². The molecule has 178 valence electrons. The van der Waals surface area contributed by atoms with E-state index in [1.165, 1.54) is 24.2 Å². The number of carbonyl (C=O) groups is 3. The van der Waals surface area contributed by atoms with Crippen molar-refractivity contribution in [3.05, 3.63) is 28.2 Å². The Labute approximate surface area is 205 Å². The maximum Gasteiger partial charge on any atom is 0.245 e. The monoisotopic (exact) mass is 491 g/mol. The van der Waals surface area contributed by atoms with Gasteiger partial charge in [-0.2, -0.15) is 0 Å². The second-order valence-electron chi connectivity index (χ2n) is 10.7. The number of nitrogens with one attached hydrogen (secondary N) is 1. The van der Waals surface area contributed by atoms with Crippen LogP contribution in [0, 0.1) is 23.2 Å². The summed E-state index contributed by atoms with van der Waals surface area (Å²) in [6.45, 7) is 0.503. The molecule has 6 nitrogen and oxygen atoms in total. The SMILES string of the molecule is CN(CC(=O)Nc1c(Cl)cccc1Cl)C(=O)C1CCCN1C(=O)C12CC3CC(CC(C3)C1)C2. The number of para-hydroxylation sites is 1. The molecule has 0 spiro atoms. The van der Waals surface area contributed by atoms with Crippen LogP contribution in [0.4, 0.5) is 5.69 Å². The molecule has 1 saturated heterocycles. The molecule has 1 atom stereocenters. The van der Waals surface area contributed by atoms with Crippen LogP contribution in [0.1, 0.15) is 51.4 Å². The minimum Gasteiger partial charge on any atom is -0.335 e. The molecule has 1 aromatic carbocycles. The van der Waals surface area contributed by atoms with Crippen molar-refractivity contribution in [3.8, 4) is 0 Å². The maximum atomic E-state index is 13.8. The van der Waals surface area contributed by atoms with Crippen LogP contribution in [0.2, 0.25) is 10.0 Å². The highest BCUT2D eigenvalue weighted by atomic mass is 35.5. The molecule has 5 fully saturated rings. The molecule has 4 saturated carbocycles. The van der Waals surface area contributed by atoms with Crippen LogP contribution in [0.25, 0.3) is 0 Å². The van der Waals surface area contributed by atoms with Crippen LogP contribution in [0.3, 0.4) is 0 Å². The molecule has 1 aromatic rings. The fourth-order valence-electron chi connectivity index (χ4n) is 7.29. The van der Waals surface area contributed by atoms with Gasteiger partial charge in [0.2, 0.25) is 17.7 Å². The van der Waals surface area contributed by atoms with Crippen LogP contribution in [-0.4, -0.2) is 53.7 Å². The highest BCUT2D eigenvalue weighted by Crippen LogP contribution is 2.60. The summed E-state index contributed by atoms with van der Waals surface area (Å²) >= 11 is 12.3. The highest BCUT2D eigenvalue weighted by Gasteiger charge is 2.57. The summed E-state index contributed by atoms with van der Waals surface area (Å²) in [6.07, 6.45) is 8.29. The van der Waals surface area contributed by atoms with Crippen LogP contribution in [0.15, 0.2) is 18.2 Å². The number of likely N-dealkylation sites (N-methyl/N-ethyl adjacent to an activating group) is 1. The van der Waals surface area contributed by atoms with E-state index in [0.717, 1.165) is 25.7 Å². The Bertz CT molecular complexity index is 926. The van der Waals surface area contributed by atoms with Gasteiger partial charge in [-0.3, -0.25) is 14.4 Å². The Balaban J connectivity index is 1.24. The van der Waals surface area contributed by atoms with Gasteiger partial charge in [-0.05, 0) is 81.3 Å². The molecule has 1 heterocycles. The number of nitrogens with zero attached hydrogens (tertiary/aromatic N) is 2. The number of hydrogen-bond acceptors (Lipinski definition) is 3. The second-order valence-corrected chi connectivity index (χ2v) is 11.5. The number of rotatable bonds is 5. The van der Waals surface area contributed by atoms with Crippen molar-refractivity contribution in [1.82, 2.24) is 9.80 Å². The van der Waals surface area contributed by atoms with Gasteiger partial charge >= 0.3 is 0 Å². The number of anilines is 1. The van der Waals surface area contributed by atoms with Gasteiger partial charge in [0.15, 0.2) is 0 Å². The lowest BCUT2D eigenvalue weighted by atomic mass is 9.49. The fourth-order valence-corrected chi connectivity index (χ4v) is 7.78. The van der Waals surface area contributed by atoms with Gasteiger partial charge in [0.1, 0.15) is 6.04 Å². The first-order valence-electron chi connectivity index (χ1n) is 12.1. The minimum absolute atomic E-state index is 0.129. The van der Waals surface area contributed by atoms with Crippen LogP contribution in [0.5, 0.6) is 0 Å². The summed E-state index contributed by atoms with van der Waals surface area (Å²) in [5.74, 6) is 1.68. The summed E-state index contributed by atoms with van der Waals surface area (Å²) in [6, 6.07) is 4.51. The lowest BCUT2D eigenvalue weighted by molar-refractivity contribution is -0.161. The van der Waals surface area contributed by atoms with Gasteiger partial charge in [-0.25, -0.2) is 0 Å². The first kappa shape index (κ1) is 23.0. The smallest absolute Gasteiger partial charge is 0.245 e. The number of halogens is 2. The van der Waals surface area contributed by atoms with Crippen LogP contribution < -0.4 is 5.32 Å². The molecule has 6 rings (SSSR count). The lowest BCUT2D eigenvalue weighted by Crippen LogP contribution is -2.57. The third kappa shape index (κ3) is 4.25. The lowest BCUT2D eigenvalue weighted by Gasteiger charge is -2.56. The van der Waals surface area contributed by atoms with Crippen molar-refractivity contribution in [3.63, 3.8) is 0 Å². The van der Waals surface area contributed by atoms with Crippen molar-refractivity contribution < 1.29 is 14.4 Å². The summed E-state index contributed by atoms with van der Waals surface area (Å²) in [5.41, 5.74) is 0.0835. The Kier molecular flexibility index (Phi) is 6.11. The molecular formula is C25H31Cl2N3O3. The van der Waals surface area contributed by atoms with E-state index in [1.807, 2.05) is 4.90 Å². The van der Waals surface area contributed by atoms with E-state index in [0.29, 0.717) is 46.5 Å². The molecule has 1 N–H and O–H groups in total. The maximum absolute atomic E-state index is 13.8. The first-order valence-corrected chi connectivity index (χ1v) is 12.8. The quantitative estimate of drug-likeness (QED) is 0.654. The minimum atomic E-state index is -0.479. The van der Waals surface area contributed by atoms with E-state index in [1.54, 1.807) is 25.2 Å². The van der Waals surface area contributed by atoms with Gasteiger partial charge < -0.3 is 15.1 Å². The van der Waals surface area contributed by atoms with Crippen molar-refractivity contribution in [1.29, 1.82) is 0 Å². The first-order chi connectivity index (χ1) is 15.8. The van der Waals surface area contributed by atoms with Crippen molar-refractivity contribution in [2.45, 2.75) is 57.4 Å². The molecule has 1 unspecified atom stereocenters. The van der Waals surface area contributed by atoms with Gasteiger partial charge in [-0.1, -0.05) is 29.3 Å². The number of amides is 3. The average molecular weight is 492 g/mol. The molecule has 0 radical (unpaired) electrons. The van der Waals surface area contributed by atoms with E-state index in [-0.39, 0.29) is 29.7 Å². The summed E-state index contributed by atoms with van der Waals surface area (Å²) < 4.78 is 0. The molecule has 0 aromatic heterocycles. The predicted octanol–water partition coefficient (Wildman–Crippen LogP) is 4.60. The van der Waals surface area contributed by atoms with Gasteiger partial charge in [0, 0.05) is 13.6 Å². The zero-order valence-electron chi connectivity index (χ0n) is 19.0. The molecule has 4 bridgehead atoms. The molecule has 3 amide bonds. The molecular weight excluding hydrogens is 461 g/mol. The van der Waals surface area contributed by atoms with E-state index >= 15 is 0 Å². The number of benzene rings is 1. The third-order valence-electron chi connectivity index (χ3n) is 8.27. The predicted molar refractivity (Wildman–Crippen MR) is 128 cm³/mol. The van der Waals surface area contributed by atoms with Crippen LogP contribution >= 0.6 is 23.2 Å². The Morgan fingerprint density at radius 3 is 2.21 bits per heavy atom. The number of carbonyl (C=O) groups excluding carboxylic acids is 3. The van der Waals surface area contributed by atoms with E-state index in [4.69, 9.17) is 23.2 Å².